The van der Waals surface area contributed by atoms with Crippen LogP contribution in [0.15, 0.2) is 42.6 Å². The van der Waals surface area contributed by atoms with Crippen LogP contribution < -0.4 is 0 Å². The standard InChI is InChI=1S/C12H13N3O2/c1-14(17-2)12(16)11-8-9-15(13-11)10-6-4-3-5-7-10/h3-9H,1-2H3. The van der Waals surface area contributed by atoms with E-state index in [0.717, 1.165) is 10.8 Å². The molecule has 1 amide bonds. The van der Waals surface area contributed by atoms with E-state index in [1.165, 1.54) is 7.11 Å². The molecule has 0 radical (unpaired) electrons. The van der Waals surface area contributed by atoms with Crippen molar-refractivity contribution in [2.75, 3.05) is 14.2 Å². The molecule has 1 aromatic heterocycles. The maximum Gasteiger partial charge on any atom is 0.297 e. The summed E-state index contributed by atoms with van der Waals surface area (Å²) in [4.78, 5) is 16.6. The second-order valence-corrected chi connectivity index (χ2v) is 3.47. The predicted octanol–water partition coefficient (Wildman–Crippen LogP) is 1.51. The lowest BCUT2D eigenvalue weighted by Crippen LogP contribution is -2.25. The van der Waals surface area contributed by atoms with Gasteiger partial charge in [-0.1, -0.05) is 18.2 Å². The Balaban J connectivity index is 2.25. The van der Waals surface area contributed by atoms with Gasteiger partial charge in [-0.3, -0.25) is 9.63 Å². The number of nitrogens with zero attached hydrogens (tertiary/aromatic N) is 3. The summed E-state index contributed by atoms with van der Waals surface area (Å²) in [5.74, 6) is -0.276. The Labute approximate surface area is 99.2 Å². The monoisotopic (exact) mass is 231 g/mol. The number of amides is 1. The van der Waals surface area contributed by atoms with Gasteiger partial charge in [-0.05, 0) is 18.2 Å². The maximum absolute atomic E-state index is 11.7. The SMILES string of the molecule is CON(C)C(=O)c1ccn(-c2ccccc2)n1. The molecule has 0 bridgehead atoms. The van der Waals surface area contributed by atoms with E-state index in [1.54, 1.807) is 24.0 Å². The van der Waals surface area contributed by atoms with Crippen LogP contribution >= 0.6 is 0 Å². The van der Waals surface area contributed by atoms with E-state index in [2.05, 4.69) is 5.10 Å². The maximum atomic E-state index is 11.7. The Morgan fingerprint density at radius 1 is 1.29 bits per heavy atom. The summed E-state index contributed by atoms with van der Waals surface area (Å²) in [6.45, 7) is 0. The van der Waals surface area contributed by atoms with Crippen molar-refractivity contribution in [3.63, 3.8) is 0 Å². The molecule has 2 aromatic rings. The fourth-order valence-electron chi connectivity index (χ4n) is 1.41. The zero-order chi connectivity index (χ0) is 12.3. The molecule has 0 aliphatic heterocycles. The first kappa shape index (κ1) is 11.3. The van der Waals surface area contributed by atoms with Crippen LogP contribution in [-0.2, 0) is 4.84 Å². The van der Waals surface area contributed by atoms with E-state index >= 15 is 0 Å². The van der Waals surface area contributed by atoms with Gasteiger partial charge in [0.05, 0.1) is 12.8 Å². The van der Waals surface area contributed by atoms with E-state index in [9.17, 15) is 4.79 Å². The van der Waals surface area contributed by atoms with Gasteiger partial charge in [-0.15, -0.1) is 0 Å². The average Bonchev–Trinajstić information content (AvgIpc) is 2.87. The molecule has 0 saturated heterocycles. The molecule has 0 spiro atoms. The largest absolute Gasteiger partial charge is 0.297 e. The number of benzene rings is 1. The van der Waals surface area contributed by atoms with Gasteiger partial charge >= 0.3 is 0 Å². The summed E-state index contributed by atoms with van der Waals surface area (Å²) in [7, 11) is 2.98. The number of para-hydroxylation sites is 1. The highest BCUT2D eigenvalue weighted by Crippen LogP contribution is 2.08. The number of carbonyl (C=O) groups excluding carboxylic acids is 1. The highest BCUT2D eigenvalue weighted by Gasteiger charge is 2.14. The molecule has 5 nitrogen and oxygen atoms in total. The second-order valence-electron chi connectivity index (χ2n) is 3.47. The van der Waals surface area contributed by atoms with Crippen LogP contribution in [0.5, 0.6) is 0 Å². The molecule has 0 fully saturated rings. The van der Waals surface area contributed by atoms with Gasteiger partial charge in [0, 0.05) is 13.2 Å². The summed E-state index contributed by atoms with van der Waals surface area (Å²) in [6.07, 6.45) is 1.74. The highest BCUT2D eigenvalue weighted by molar-refractivity contribution is 5.91. The molecule has 5 heteroatoms. The smallest absolute Gasteiger partial charge is 0.274 e. The third-order valence-corrected chi connectivity index (χ3v) is 2.39. The number of carbonyl (C=O) groups is 1. The first-order valence-electron chi connectivity index (χ1n) is 5.15. The van der Waals surface area contributed by atoms with Crippen molar-refractivity contribution in [1.29, 1.82) is 0 Å². The topological polar surface area (TPSA) is 47.4 Å². The van der Waals surface area contributed by atoms with Crippen molar-refractivity contribution < 1.29 is 9.63 Å². The minimum absolute atomic E-state index is 0.276. The second kappa shape index (κ2) is 4.80. The van der Waals surface area contributed by atoms with Crippen molar-refractivity contribution in [3.8, 4) is 5.69 Å². The first-order chi connectivity index (χ1) is 8.22. The van der Waals surface area contributed by atoms with Gasteiger partial charge in [-0.25, -0.2) is 9.75 Å². The van der Waals surface area contributed by atoms with Crippen molar-refractivity contribution in [2.24, 2.45) is 0 Å². The van der Waals surface area contributed by atoms with E-state index in [-0.39, 0.29) is 5.91 Å². The lowest BCUT2D eigenvalue weighted by atomic mass is 10.3. The van der Waals surface area contributed by atoms with Crippen LogP contribution in [0.25, 0.3) is 5.69 Å². The molecular formula is C12H13N3O2. The predicted molar refractivity (Wildman–Crippen MR) is 62.7 cm³/mol. The van der Waals surface area contributed by atoms with E-state index in [0.29, 0.717) is 5.69 Å². The summed E-state index contributed by atoms with van der Waals surface area (Å²) < 4.78 is 1.65. The summed E-state index contributed by atoms with van der Waals surface area (Å²) >= 11 is 0. The molecule has 1 heterocycles. The molecule has 0 unspecified atom stereocenters. The molecule has 1 aromatic carbocycles. The van der Waals surface area contributed by atoms with Gasteiger partial charge in [0.1, 0.15) is 0 Å². The van der Waals surface area contributed by atoms with Crippen LogP contribution in [0.1, 0.15) is 10.5 Å². The Morgan fingerprint density at radius 2 is 2.00 bits per heavy atom. The summed E-state index contributed by atoms with van der Waals surface area (Å²) in [5.41, 5.74) is 1.25. The first-order valence-corrected chi connectivity index (χ1v) is 5.15. The molecule has 88 valence electrons. The van der Waals surface area contributed by atoms with Gasteiger partial charge < -0.3 is 0 Å². The number of rotatable bonds is 3. The van der Waals surface area contributed by atoms with Gasteiger partial charge in [0.2, 0.25) is 0 Å². The Morgan fingerprint density at radius 3 is 2.65 bits per heavy atom. The Bertz CT molecular complexity index is 507. The van der Waals surface area contributed by atoms with Gasteiger partial charge in [0.15, 0.2) is 5.69 Å². The summed E-state index contributed by atoms with van der Waals surface area (Å²) in [5, 5.41) is 5.33. The molecule has 0 atom stereocenters. The van der Waals surface area contributed by atoms with Crippen molar-refractivity contribution in [2.45, 2.75) is 0 Å². The number of hydrogen-bond donors (Lipinski definition) is 0. The number of hydroxylamine groups is 2. The Kier molecular flexibility index (Phi) is 3.20. The molecule has 2 rings (SSSR count). The quantitative estimate of drug-likeness (QED) is 0.752. The number of hydrogen-bond acceptors (Lipinski definition) is 3. The van der Waals surface area contributed by atoms with Crippen molar-refractivity contribution in [1.82, 2.24) is 14.8 Å². The van der Waals surface area contributed by atoms with Crippen LogP contribution in [0.2, 0.25) is 0 Å². The zero-order valence-corrected chi connectivity index (χ0v) is 9.70. The Hall–Kier alpha value is -2.14. The van der Waals surface area contributed by atoms with E-state index in [4.69, 9.17) is 4.84 Å². The van der Waals surface area contributed by atoms with Crippen LogP contribution in [0.4, 0.5) is 0 Å². The molecule has 0 aliphatic carbocycles. The van der Waals surface area contributed by atoms with Crippen LogP contribution in [0.3, 0.4) is 0 Å². The molecule has 0 aliphatic rings. The lowest BCUT2D eigenvalue weighted by molar-refractivity contribution is -0.0760. The number of aromatic nitrogens is 2. The van der Waals surface area contributed by atoms with Gasteiger partial charge in [-0.2, -0.15) is 5.10 Å². The highest BCUT2D eigenvalue weighted by atomic mass is 16.7. The fourth-order valence-corrected chi connectivity index (χ4v) is 1.41. The van der Waals surface area contributed by atoms with E-state index in [1.807, 2.05) is 30.3 Å². The fraction of sp³-hybridized carbons (Fsp3) is 0.167. The molecular weight excluding hydrogens is 218 g/mol. The summed E-state index contributed by atoms with van der Waals surface area (Å²) in [6, 6.07) is 11.3. The van der Waals surface area contributed by atoms with E-state index < -0.39 is 0 Å². The molecule has 0 N–H and O–H groups in total. The lowest BCUT2D eigenvalue weighted by Gasteiger charge is -2.11. The molecule has 17 heavy (non-hydrogen) atoms. The third kappa shape index (κ3) is 2.34. The average molecular weight is 231 g/mol. The minimum Gasteiger partial charge on any atom is -0.274 e. The molecule has 0 saturated carbocycles. The van der Waals surface area contributed by atoms with Crippen LogP contribution in [-0.4, -0.2) is 34.9 Å². The van der Waals surface area contributed by atoms with Crippen molar-refractivity contribution >= 4 is 5.91 Å². The van der Waals surface area contributed by atoms with Crippen LogP contribution in [0, 0.1) is 0 Å². The van der Waals surface area contributed by atoms with Crippen molar-refractivity contribution in [3.05, 3.63) is 48.3 Å². The minimum atomic E-state index is -0.276. The normalized spacial score (nSPS) is 10.2. The zero-order valence-electron chi connectivity index (χ0n) is 9.70. The third-order valence-electron chi connectivity index (χ3n) is 2.39. The van der Waals surface area contributed by atoms with Gasteiger partial charge in [0.25, 0.3) is 5.91 Å².